The normalized spacial score (nSPS) is 11.1. The van der Waals surface area contributed by atoms with Crippen LogP contribution < -0.4 is 11.0 Å². The predicted octanol–water partition coefficient (Wildman–Crippen LogP) is 2.78. The van der Waals surface area contributed by atoms with Crippen molar-refractivity contribution in [2.45, 2.75) is 19.9 Å². The van der Waals surface area contributed by atoms with Gasteiger partial charge in [-0.3, -0.25) is 9.36 Å². The Morgan fingerprint density at radius 2 is 1.93 bits per heavy atom. The molecule has 0 atom stereocenters. The zero-order chi connectivity index (χ0) is 20.4. The molecule has 2 aromatic heterocycles. The molecule has 1 amide bonds. The van der Waals surface area contributed by atoms with Crippen molar-refractivity contribution >= 4 is 16.9 Å². The van der Waals surface area contributed by atoms with Crippen molar-refractivity contribution in [1.82, 2.24) is 24.6 Å². The van der Waals surface area contributed by atoms with Crippen LogP contribution in [-0.2, 0) is 6.54 Å². The quantitative estimate of drug-likeness (QED) is 0.494. The lowest BCUT2D eigenvalue weighted by atomic mass is 10.3. The standard InChI is InChI=1S/C21H20FN5O2/c1-14-13-17(25-27(14)18-9-4-2-7-15(18)22)20(28)23-11-6-12-26-19-10-5-3-8-16(19)24-21(26)29/h2-5,7-10,13H,6,11-12H2,1H3,(H,23,28)(H,24,29). The lowest BCUT2D eigenvalue weighted by Gasteiger charge is -2.06. The third-order valence-electron chi connectivity index (χ3n) is 4.73. The van der Waals surface area contributed by atoms with Crippen molar-refractivity contribution in [2.24, 2.45) is 0 Å². The molecular formula is C21H20FN5O2. The molecule has 0 aliphatic heterocycles. The minimum absolute atomic E-state index is 0.170. The highest BCUT2D eigenvalue weighted by molar-refractivity contribution is 5.92. The number of rotatable bonds is 6. The number of fused-ring (bicyclic) bond motifs is 1. The fourth-order valence-electron chi connectivity index (χ4n) is 3.31. The molecular weight excluding hydrogens is 373 g/mol. The van der Waals surface area contributed by atoms with E-state index in [9.17, 15) is 14.0 Å². The Kier molecular flexibility index (Phi) is 4.99. The average molecular weight is 393 g/mol. The zero-order valence-electron chi connectivity index (χ0n) is 15.9. The monoisotopic (exact) mass is 393 g/mol. The van der Waals surface area contributed by atoms with Gasteiger partial charge in [0.25, 0.3) is 5.91 Å². The van der Waals surface area contributed by atoms with Crippen molar-refractivity contribution in [1.29, 1.82) is 0 Å². The number of H-pyrrole nitrogens is 1. The van der Waals surface area contributed by atoms with Crippen LogP contribution in [0, 0.1) is 12.7 Å². The van der Waals surface area contributed by atoms with Crippen LogP contribution in [0.3, 0.4) is 0 Å². The van der Waals surface area contributed by atoms with Crippen LogP contribution in [0.25, 0.3) is 16.7 Å². The van der Waals surface area contributed by atoms with Crippen molar-refractivity contribution in [3.63, 3.8) is 0 Å². The summed E-state index contributed by atoms with van der Waals surface area (Å²) in [6.07, 6.45) is 0.584. The highest BCUT2D eigenvalue weighted by Crippen LogP contribution is 2.15. The van der Waals surface area contributed by atoms with Gasteiger partial charge < -0.3 is 10.3 Å². The summed E-state index contributed by atoms with van der Waals surface area (Å²) in [7, 11) is 0. The first-order valence-corrected chi connectivity index (χ1v) is 9.32. The number of hydrogen-bond donors (Lipinski definition) is 2. The number of aryl methyl sites for hydroxylation is 2. The van der Waals surface area contributed by atoms with Crippen molar-refractivity contribution in [3.8, 4) is 5.69 Å². The first-order chi connectivity index (χ1) is 14.0. The second-order valence-corrected chi connectivity index (χ2v) is 6.74. The molecule has 0 fully saturated rings. The summed E-state index contributed by atoms with van der Waals surface area (Å²) in [4.78, 5) is 27.3. The topological polar surface area (TPSA) is 84.7 Å². The van der Waals surface area contributed by atoms with Crippen LogP contribution in [0.2, 0.25) is 0 Å². The van der Waals surface area contributed by atoms with Crippen LogP contribution in [0.15, 0.2) is 59.4 Å². The van der Waals surface area contributed by atoms with Gasteiger partial charge in [0.2, 0.25) is 0 Å². The third kappa shape index (κ3) is 3.69. The number of carbonyl (C=O) groups excluding carboxylic acids is 1. The summed E-state index contributed by atoms with van der Waals surface area (Å²) < 4.78 is 17.1. The molecule has 7 nitrogen and oxygen atoms in total. The number of hydrogen-bond acceptors (Lipinski definition) is 3. The van der Waals surface area contributed by atoms with Crippen LogP contribution in [-0.4, -0.2) is 31.8 Å². The van der Waals surface area contributed by atoms with E-state index in [4.69, 9.17) is 0 Å². The van der Waals surface area contributed by atoms with Gasteiger partial charge in [-0.1, -0.05) is 24.3 Å². The number of aromatic amines is 1. The van der Waals surface area contributed by atoms with E-state index in [1.54, 1.807) is 35.8 Å². The van der Waals surface area contributed by atoms with Gasteiger partial charge in [0.15, 0.2) is 5.69 Å². The number of halogens is 1. The Hall–Kier alpha value is -3.68. The van der Waals surface area contributed by atoms with E-state index in [1.165, 1.54) is 10.7 Å². The second kappa shape index (κ2) is 7.75. The molecule has 0 spiro atoms. The lowest BCUT2D eigenvalue weighted by molar-refractivity contribution is 0.0947. The fourth-order valence-corrected chi connectivity index (χ4v) is 3.31. The molecule has 4 aromatic rings. The smallest absolute Gasteiger partial charge is 0.326 e. The molecule has 2 N–H and O–H groups in total. The SMILES string of the molecule is Cc1cc(C(=O)NCCCn2c(=O)[nH]c3ccccc32)nn1-c1ccccc1F. The number of amides is 1. The summed E-state index contributed by atoms with van der Waals surface area (Å²) in [5.74, 6) is -0.746. The number of nitrogens with zero attached hydrogens (tertiary/aromatic N) is 3. The summed E-state index contributed by atoms with van der Waals surface area (Å²) in [6.45, 7) is 2.63. The molecule has 0 aliphatic carbocycles. The van der Waals surface area contributed by atoms with Gasteiger partial charge in [0.1, 0.15) is 11.5 Å². The molecule has 4 rings (SSSR count). The van der Waals surface area contributed by atoms with Gasteiger partial charge >= 0.3 is 5.69 Å². The summed E-state index contributed by atoms with van der Waals surface area (Å²) >= 11 is 0. The molecule has 2 aromatic carbocycles. The van der Waals surface area contributed by atoms with Gasteiger partial charge in [0, 0.05) is 18.8 Å². The lowest BCUT2D eigenvalue weighted by Crippen LogP contribution is -2.27. The summed E-state index contributed by atoms with van der Waals surface area (Å²) in [6, 6.07) is 15.4. The average Bonchev–Trinajstić information content (AvgIpc) is 3.25. The fraction of sp³-hybridized carbons (Fsp3) is 0.190. The largest absolute Gasteiger partial charge is 0.351 e. The van der Waals surface area contributed by atoms with E-state index >= 15 is 0 Å². The molecule has 0 aliphatic rings. The number of benzene rings is 2. The number of nitrogens with one attached hydrogen (secondary N) is 2. The first-order valence-electron chi connectivity index (χ1n) is 9.32. The Labute approximate surface area is 165 Å². The van der Waals surface area contributed by atoms with E-state index in [2.05, 4.69) is 15.4 Å². The molecule has 29 heavy (non-hydrogen) atoms. The maximum atomic E-state index is 14.0. The van der Waals surface area contributed by atoms with Crippen molar-refractivity contribution in [2.75, 3.05) is 6.54 Å². The molecule has 0 bridgehead atoms. The molecule has 0 saturated heterocycles. The molecule has 0 unspecified atom stereocenters. The Morgan fingerprint density at radius 1 is 1.17 bits per heavy atom. The van der Waals surface area contributed by atoms with E-state index < -0.39 is 5.82 Å². The predicted molar refractivity (Wildman–Crippen MR) is 108 cm³/mol. The molecule has 8 heteroatoms. The number of aromatic nitrogens is 4. The zero-order valence-corrected chi connectivity index (χ0v) is 15.9. The van der Waals surface area contributed by atoms with Gasteiger partial charge in [-0.2, -0.15) is 5.10 Å². The van der Waals surface area contributed by atoms with E-state index in [0.717, 1.165) is 11.0 Å². The minimum atomic E-state index is -0.408. The number of carbonyl (C=O) groups is 1. The van der Waals surface area contributed by atoms with Crippen LogP contribution in [0.5, 0.6) is 0 Å². The third-order valence-corrected chi connectivity index (χ3v) is 4.73. The van der Waals surface area contributed by atoms with E-state index in [0.29, 0.717) is 30.9 Å². The number of para-hydroxylation sites is 3. The highest BCUT2D eigenvalue weighted by Gasteiger charge is 2.15. The number of imidazole rings is 1. The Bertz CT molecular complexity index is 1240. The van der Waals surface area contributed by atoms with E-state index in [1.807, 2.05) is 24.3 Å². The van der Waals surface area contributed by atoms with Crippen LogP contribution in [0.4, 0.5) is 4.39 Å². The van der Waals surface area contributed by atoms with Gasteiger partial charge in [-0.15, -0.1) is 0 Å². The van der Waals surface area contributed by atoms with E-state index in [-0.39, 0.29) is 17.3 Å². The van der Waals surface area contributed by atoms with Crippen LogP contribution >= 0.6 is 0 Å². The van der Waals surface area contributed by atoms with Crippen molar-refractivity contribution < 1.29 is 9.18 Å². The molecule has 148 valence electrons. The van der Waals surface area contributed by atoms with Gasteiger partial charge in [-0.05, 0) is 43.7 Å². The maximum Gasteiger partial charge on any atom is 0.326 e. The van der Waals surface area contributed by atoms with Crippen molar-refractivity contribution in [3.05, 3.63) is 82.3 Å². The Morgan fingerprint density at radius 3 is 2.76 bits per heavy atom. The highest BCUT2D eigenvalue weighted by atomic mass is 19.1. The maximum absolute atomic E-state index is 14.0. The summed E-state index contributed by atoms with van der Waals surface area (Å²) in [5, 5.41) is 7.03. The summed E-state index contributed by atoms with van der Waals surface area (Å²) in [5.41, 5.74) is 2.62. The van der Waals surface area contributed by atoms with Crippen LogP contribution in [0.1, 0.15) is 22.6 Å². The molecule has 2 heterocycles. The minimum Gasteiger partial charge on any atom is -0.351 e. The van der Waals surface area contributed by atoms with Gasteiger partial charge in [-0.25, -0.2) is 13.9 Å². The molecule has 0 saturated carbocycles. The first kappa shape index (κ1) is 18.7. The molecule has 0 radical (unpaired) electrons. The Balaban J connectivity index is 1.39. The second-order valence-electron chi connectivity index (χ2n) is 6.74. The van der Waals surface area contributed by atoms with Gasteiger partial charge in [0.05, 0.1) is 11.0 Å².